The van der Waals surface area contributed by atoms with E-state index in [1.807, 2.05) is 4.94 Å². The molecule has 0 atom stereocenters. The van der Waals surface area contributed by atoms with E-state index in [2.05, 4.69) is 4.94 Å². The Balaban J connectivity index is 0.000000491. The maximum Gasteiger partial charge on any atom is 0.413 e. The lowest BCUT2D eigenvalue weighted by Gasteiger charge is -2.41. The van der Waals surface area contributed by atoms with Crippen molar-refractivity contribution in [1.29, 1.82) is 0 Å². The zero-order chi connectivity index (χ0) is 25.7. The highest BCUT2D eigenvalue weighted by Crippen LogP contribution is 2.50. The smallest absolute Gasteiger partial charge is 0.244 e. The normalized spacial score (nSPS) is 11.6. The van der Waals surface area contributed by atoms with E-state index < -0.39 is 30.8 Å². The van der Waals surface area contributed by atoms with Crippen LogP contribution in [-0.4, -0.2) is 32.5 Å². The van der Waals surface area contributed by atoms with Crippen LogP contribution in [0.25, 0.3) is 0 Å². The fraction of sp³-hybridized carbons (Fsp3) is 0.250. The molecule has 0 aliphatic carbocycles. The van der Waals surface area contributed by atoms with E-state index in [1.54, 1.807) is 91.0 Å². The van der Waals surface area contributed by atoms with Crippen molar-refractivity contribution in [2.75, 3.05) is 20.5 Å². The van der Waals surface area contributed by atoms with Crippen molar-refractivity contribution in [2.45, 2.75) is 17.4 Å². The molecule has 3 rings (SSSR count). The van der Waals surface area contributed by atoms with Gasteiger partial charge in [-0.05, 0) is 25.7 Å². The quantitative estimate of drug-likeness (QED) is 0.249. The number of benzene rings is 3. The molecule has 0 aliphatic rings. The van der Waals surface area contributed by atoms with Gasteiger partial charge in [-0.25, -0.2) is 17.6 Å². The Morgan fingerprint density at radius 1 is 0.588 bits per heavy atom. The number of rotatable bonds is 7. The molecule has 0 saturated carbocycles. The van der Waals surface area contributed by atoms with Crippen LogP contribution in [0.1, 0.15) is 16.7 Å². The first-order chi connectivity index (χ1) is 16.2. The molecule has 0 aliphatic heterocycles. The Hall–Kier alpha value is -2.98. The minimum absolute atomic E-state index is 0.366. The zero-order valence-corrected chi connectivity index (χ0v) is 17.9. The highest BCUT2D eigenvalue weighted by atomic mass is 19.4. The van der Waals surface area contributed by atoms with E-state index in [0.717, 1.165) is 7.11 Å². The minimum atomic E-state index is -4.25. The second-order valence-corrected chi connectivity index (χ2v) is 6.69. The third-order valence-electron chi connectivity index (χ3n) is 4.61. The molecule has 0 heterocycles. The number of halogens is 8. The number of hydrogen-bond donors (Lipinski definition) is 0. The van der Waals surface area contributed by atoms with Gasteiger partial charge in [0.05, 0.1) is 7.11 Å². The van der Waals surface area contributed by atoms with E-state index in [-0.39, 0.29) is 0 Å². The summed E-state index contributed by atoms with van der Waals surface area (Å²) in [4.78, 5) is 4.63. The highest BCUT2D eigenvalue weighted by Gasteiger charge is 2.57. The molecule has 0 saturated heterocycles. The average molecular weight is 494 g/mol. The van der Waals surface area contributed by atoms with Gasteiger partial charge in [-0.1, -0.05) is 91.0 Å². The van der Waals surface area contributed by atoms with Crippen molar-refractivity contribution < 1.29 is 45.3 Å². The van der Waals surface area contributed by atoms with Crippen LogP contribution in [0.5, 0.6) is 0 Å². The van der Waals surface area contributed by atoms with Crippen molar-refractivity contribution in [2.24, 2.45) is 0 Å². The zero-order valence-electron chi connectivity index (χ0n) is 17.9. The van der Waals surface area contributed by atoms with Crippen molar-refractivity contribution in [1.82, 2.24) is 0 Å². The van der Waals surface area contributed by atoms with Gasteiger partial charge in [0.2, 0.25) is 0 Å². The predicted octanol–water partition coefficient (Wildman–Crippen LogP) is 7.59. The van der Waals surface area contributed by atoms with E-state index >= 15 is 8.78 Å². The summed E-state index contributed by atoms with van der Waals surface area (Å²) in [6, 6.07) is 25.2. The summed E-state index contributed by atoms with van der Waals surface area (Å²) in [6.45, 7) is -3.88. The van der Waals surface area contributed by atoms with Crippen LogP contribution in [-0.2, 0) is 15.3 Å². The summed E-state index contributed by atoms with van der Waals surface area (Å²) >= 11 is 0. The first-order valence-corrected chi connectivity index (χ1v) is 9.65. The predicted molar refractivity (Wildman–Crippen MR) is 111 cm³/mol. The summed E-state index contributed by atoms with van der Waals surface area (Å²) in [5.74, 6) is -3.60. The van der Waals surface area contributed by atoms with Crippen LogP contribution in [0.4, 0.5) is 35.4 Å². The standard InChI is InChI=1S/C21H17F3.C2H2F4O.CH3FO/c22-16-20(23,24)21(17-10-4-1-5-11-17,18-12-6-2-7-13-18)19-14-8-3-9-15-19;3-1-2(4,5)7-6;1-3-2/h1-15H,16H2;1H2;1H3. The van der Waals surface area contributed by atoms with E-state index in [4.69, 9.17) is 0 Å². The van der Waals surface area contributed by atoms with Crippen LogP contribution in [0.2, 0.25) is 0 Å². The summed E-state index contributed by atoms with van der Waals surface area (Å²) in [6.07, 6.45) is -4.25. The third-order valence-corrected chi connectivity index (χ3v) is 4.61. The van der Waals surface area contributed by atoms with Crippen molar-refractivity contribution in [3.8, 4) is 0 Å². The Bertz CT molecular complexity index is 823. The number of hydrogen-bond acceptors (Lipinski definition) is 2. The fourth-order valence-electron chi connectivity index (χ4n) is 3.32. The van der Waals surface area contributed by atoms with Gasteiger partial charge >= 0.3 is 6.11 Å². The Kier molecular flexibility index (Phi) is 11.7. The van der Waals surface area contributed by atoms with E-state index in [1.165, 1.54) is 0 Å². The van der Waals surface area contributed by atoms with Gasteiger partial charge in [0.1, 0.15) is 5.41 Å². The Labute approximate surface area is 191 Å². The molecular formula is C24H22F8O2. The summed E-state index contributed by atoms with van der Waals surface area (Å²) in [5.41, 5.74) is -0.786. The lowest BCUT2D eigenvalue weighted by molar-refractivity contribution is -0.357. The van der Waals surface area contributed by atoms with Crippen LogP contribution >= 0.6 is 0 Å². The van der Waals surface area contributed by atoms with Crippen LogP contribution in [0, 0.1) is 0 Å². The molecule has 3 aromatic rings. The van der Waals surface area contributed by atoms with Crippen LogP contribution in [0.15, 0.2) is 91.0 Å². The number of alkyl halides is 6. The fourth-order valence-corrected chi connectivity index (χ4v) is 3.32. The second kappa shape index (κ2) is 13.7. The molecule has 0 radical (unpaired) electrons. The third kappa shape index (κ3) is 7.01. The van der Waals surface area contributed by atoms with E-state index in [0.29, 0.717) is 16.7 Å². The summed E-state index contributed by atoms with van der Waals surface area (Å²) in [7, 11) is 0.958. The monoisotopic (exact) mass is 494 g/mol. The topological polar surface area (TPSA) is 18.5 Å². The molecule has 34 heavy (non-hydrogen) atoms. The van der Waals surface area contributed by atoms with Crippen molar-refractivity contribution in [3.63, 3.8) is 0 Å². The molecular weight excluding hydrogens is 472 g/mol. The van der Waals surface area contributed by atoms with Gasteiger partial charge in [-0.2, -0.15) is 13.7 Å². The lowest BCUT2D eigenvalue weighted by Crippen LogP contribution is -2.49. The molecule has 10 heteroatoms. The molecule has 0 N–H and O–H groups in total. The minimum Gasteiger partial charge on any atom is -0.244 e. The first-order valence-electron chi connectivity index (χ1n) is 9.65. The summed E-state index contributed by atoms with van der Waals surface area (Å²) in [5, 5.41) is 0. The van der Waals surface area contributed by atoms with Crippen LogP contribution < -0.4 is 0 Å². The van der Waals surface area contributed by atoms with Gasteiger partial charge in [-0.3, -0.25) is 0 Å². The summed E-state index contributed by atoms with van der Waals surface area (Å²) < 4.78 is 96.4. The lowest BCUT2D eigenvalue weighted by atomic mass is 9.65. The van der Waals surface area contributed by atoms with Gasteiger partial charge in [0.25, 0.3) is 5.92 Å². The van der Waals surface area contributed by atoms with Gasteiger partial charge in [0.15, 0.2) is 13.3 Å². The Morgan fingerprint density at radius 2 is 0.882 bits per heavy atom. The molecule has 0 aromatic heterocycles. The van der Waals surface area contributed by atoms with Gasteiger partial charge in [0, 0.05) is 0 Å². The SMILES string of the molecule is COF.FCC(F)(F)C(c1ccccc1)(c1ccccc1)c1ccccc1.FCC(F)(F)OF. The molecule has 0 spiro atoms. The maximum atomic E-state index is 15.2. The average Bonchev–Trinajstić information content (AvgIpc) is 2.87. The first kappa shape index (κ1) is 29.1. The Morgan fingerprint density at radius 3 is 1.06 bits per heavy atom. The molecule has 186 valence electrons. The second-order valence-electron chi connectivity index (χ2n) is 6.69. The van der Waals surface area contributed by atoms with Crippen molar-refractivity contribution in [3.05, 3.63) is 108 Å². The van der Waals surface area contributed by atoms with E-state index in [9.17, 15) is 26.6 Å². The molecule has 0 amide bonds. The molecule has 0 fully saturated rings. The molecule has 3 aromatic carbocycles. The largest absolute Gasteiger partial charge is 0.413 e. The van der Waals surface area contributed by atoms with Crippen molar-refractivity contribution >= 4 is 0 Å². The molecule has 0 bridgehead atoms. The highest BCUT2D eigenvalue weighted by molar-refractivity contribution is 5.53. The van der Waals surface area contributed by atoms with Crippen LogP contribution in [0.3, 0.4) is 0 Å². The molecule has 0 unspecified atom stereocenters. The molecule has 2 nitrogen and oxygen atoms in total. The van der Waals surface area contributed by atoms with Gasteiger partial charge < -0.3 is 0 Å². The van der Waals surface area contributed by atoms with Gasteiger partial charge in [-0.15, -0.1) is 4.94 Å². The maximum absolute atomic E-state index is 15.2.